The van der Waals surface area contributed by atoms with Crippen molar-refractivity contribution in [2.45, 2.75) is 32.2 Å². The average Bonchev–Trinajstić information content (AvgIpc) is 2.66. The molecule has 0 aromatic heterocycles. The molecule has 2 heteroatoms. The number of fused-ring (bicyclic) bond motifs is 1. The molecule has 2 N–H and O–H groups in total. The van der Waals surface area contributed by atoms with Crippen molar-refractivity contribution in [1.29, 1.82) is 0 Å². The summed E-state index contributed by atoms with van der Waals surface area (Å²) in [7, 11) is 0. The Morgan fingerprint density at radius 2 is 2.43 bits per heavy atom. The van der Waals surface area contributed by atoms with Crippen LogP contribution < -0.4 is 5.73 Å². The predicted molar refractivity (Wildman–Crippen MR) is 60.2 cm³/mol. The van der Waals surface area contributed by atoms with Crippen LogP contribution in [0.2, 0.25) is 0 Å². The molecule has 2 rings (SSSR count). The lowest BCUT2D eigenvalue weighted by atomic mass is 9.93. The van der Waals surface area contributed by atoms with Gasteiger partial charge in [0.2, 0.25) is 0 Å². The highest BCUT2D eigenvalue weighted by molar-refractivity contribution is 5.81. The Labute approximate surface area is 84.9 Å². The molecule has 0 saturated heterocycles. The van der Waals surface area contributed by atoms with Crippen molar-refractivity contribution in [2.75, 3.05) is 0 Å². The van der Waals surface area contributed by atoms with Crippen LogP contribution in [-0.2, 0) is 0 Å². The molecule has 1 heterocycles. The van der Waals surface area contributed by atoms with Gasteiger partial charge in [0.15, 0.2) is 0 Å². The van der Waals surface area contributed by atoms with E-state index in [1.54, 1.807) is 0 Å². The molecule has 0 spiro atoms. The summed E-state index contributed by atoms with van der Waals surface area (Å²) in [5, 5.41) is 0. The summed E-state index contributed by atoms with van der Waals surface area (Å²) in [6, 6.07) is 0.279. The van der Waals surface area contributed by atoms with Crippen molar-refractivity contribution >= 4 is 6.21 Å². The van der Waals surface area contributed by atoms with Crippen molar-refractivity contribution in [3.05, 3.63) is 35.1 Å². The maximum atomic E-state index is 5.96. The third-order valence-electron chi connectivity index (χ3n) is 2.76. The van der Waals surface area contributed by atoms with Crippen LogP contribution in [0.25, 0.3) is 0 Å². The van der Waals surface area contributed by atoms with E-state index in [0.29, 0.717) is 0 Å². The molecule has 0 aromatic rings. The van der Waals surface area contributed by atoms with E-state index in [0.717, 1.165) is 25.0 Å². The van der Waals surface area contributed by atoms with Crippen molar-refractivity contribution in [3.63, 3.8) is 0 Å². The molecular formula is C12H16N2. The zero-order chi connectivity index (χ0) is 9.97. The van der Waals surface area contributed by atoms with Gasteiger partial charge in [0.25, 0.3) is 0 Å². The number of rotatable bonds is 3. The van der Waals surface area contributed by atoms with E-state index in [2.05, 4.69) is 30.1 Å². The fraction of sp³-hybridized carbons (Fsp3) is 0.417. The third kappa shape index (κ3) is 1.70. The number of nitrogens with zero attached hydrogens (tertiary/aromatic N) is 1. The molecule has 0 bridgehead atoms. The first-order chi connectivity index (χ1) is 6.81. The standard InChI is InChI=1S/C12H16N2/c1-2-11(13)8-10-5-3-4-9-6-7-14-12(9)10/h3-4,6-7,11H,2,5,8,13H2,1H3. The maximum absolute atomic E-state index is 5.96. The van der Waals surface area contributed by atoms with Gasteiger partial charge in [0, 0.05) is 17.8 Å². The van der Waals surface area contributed by atoms with Gasteiger partial charge in [-0.3, -0.25) is 4.99 Å². The van der Waals surface area contributed by atoms with E-state index in [4.69, 9.17) is 5.73 Å². The number of hydrogen-bond donors (Lipinski definition) is 1. The Bertz CT molecular complexity index is 345. The van der Waals surface area contributed by atoms with E-state index in [1.165, 1.54) is 11.1 Å². The highest BCUT2D eigenvalue weighted by Crippen LogP contribution is 2.30. The third-order valence-corrected chi connectivity index (χ3v) is 2.76. The molecule has 0 radical (unpaired) electrons. The normalized spacial score (nSPS) is 21.1. The minimum absolute atomic E-state index is 0.279. The number of aliphatic imine (C=N–C) groups is 1. The highest BCUT2D eigenvalue weighted by Gasteiger charge is 2.16. The van der Waals surface area contributed by atoms with Crippen LogP contribution in [0.4, 0.5) is 0 Å². The Hall–Kier alpha value is -1.15. The molecule has 1 aliphatic heterocycles. The lowest BCUT2D eigenvalue weighted by molar-refractivity contribution is 0.632. The second-order valence-corrected chi connectivity index (χ2v) is 3.83. The SMILES string of the molecule is CCC(N)CC1=C2N=CC=C2C=CC1. The zero-order valence-electron chi connectivity index (χ0n) is 8.53. The van der Waals surface area contributed by atoms with E-state index in [-0.39, 0.29) is 6.04 Å². The van der Waals surface area contributed by atoms with Crippen LogP contribution >= 0.6 is 0 Å². The van der Waals surface area contributed by atoms with Gasteiger partial charge in [-0.05, 0) is 30.9 Å². The smallest absolute Gasteiger partial charge is 0.0698 e. The molecular weight excluding hydrogens is 172 g/mol. The van der Waals surface area contributed by atoms with Crippen LogP contribution in [0.1, 0.15) is 26.2 Å². The van der Waals surface area contributed by atoms with E-state index < -0.39 is 0 Å². The Morgan fingerprint density at radius 1 is 1.57 bits per heavy atom. The van der Waals surface area contributed by atoms with Gasteiger partial charge in [-0.15, -0.1) is 0 Å². The van der Waals surface area contributed by atoms with Crippen molar-refractivity contribution in [1.82, 2.24) is 0 Å². The largest absolute Gasteiger partial charge is 0.327 e. The van der Waals surface area contributed by atoms with Crippen molar-refractivity contribution in [2.24, 2.45) is 10.7 Å². The topological polar surface area (TPSA) is 38.4 Å². The lowest BCUT2D eigenvalue weighted by Gasteiger charge is -2.16. The number of allylic oxidation sites excluding steroid dienone is 3. The second-order valence-electron chi connectivity index (χ2n) is 3.83. The molecule has 2 nitrogen and oxygen atoms in total. The van der Waals surface area contributed by atoms with Crippen LogP contribution in [0.15, 0.2) is 40.1 Å². The van der Waals surface area contributed by atoms with E-state index in [1.807, 2.05) is 6.21 Å². The Kier molecular flexibility index (Phi) is 2.64. The molecule has 14 heavy (non-hydrogen) atoms. The molecule has 0 fully saturated rings. The molecule has 0 saturated carbocycles. The molecule has 1 aliphatic carbocycles. The summed E-state index contributed by atoms with van der Waals surface area (Å²) in [5.41, 5.74) is 9.76. The summed E-state index contributed by atoms with van der Waals surface area (Å²) in [6.45, 7) is 2.13. The fourth-order valence-electron chi connectivity index (χ4n) is 1.84. The number of hydrogen-bond acceptors (Lipinski definition) is 2. The number of nitrogens with two attached hydrogens (primary N) is 1. The highest BCUT2D eigenvalue weighted by atomic mass is 14.8. The summed E-state index contributed by atoms with van der Waals surface area (Å²) < 4.78 is 0. The van der Waals surface area contributed by atoms with Crippen molar-refractivity contribution < 1.29 is 0 Å². The fourth-order valence-corrected chi connectivity index (χ4v) is 1.84. The van der Waals surface area contributed by atoms with Gasteiger partial charge in [0.05, 0.1) is 5.70 Å². The monoisotopic (exact) mass is 188 g/mol. The maximum Gasteiger partial charge on any atom is 0.0698 e. The predicted octanol–water partition coefficient (Wildman–Crippen LogP) is 2.34. The van der Waals surface area contributed by atoms with Crippen LogP contribution in [0.3, 0.4) is 0 Å². The van der Waals surface area contributed by atoms with Gasteiger partial charge < -0.3 is 5.73 Å². The van der Waals surface area contributed by atoms with Crippen LogP contribution in [0.5, 0.6) is 0 Å². The quantitative estimate of drug-likeness (QED) is 0.725. The molecule has 1 atom stereocenters. The zero-order valence-corrected chi connectivity index (χ0v) is 8.53. The van der Waals surface area contributed by atoms with Crippen LogP contribution in [0, 0.1) is 0 Å². The Balaban J connectivity index is 2.18. The van der Waals surface area contributed by atoms with Crippen molar-refractivity contribution in [3.8, 4) is 0 Å². The average molecular weight is 188 g/mol. The summed E-state index contributed by atoms with van der Waals surface area (Å²) in [5.74, 6) is 0. The molecule has 74 valence electrons. The molecule has 0 amide bonds. The summed E-state index contributed by atoms with van der Waals surface area (Å²) in [6.07, 6.45) is 11.3. The molecule has 1 unspecified atom stereocenters. The second kappa shape index (κ2) is 3.93. The van der Waals surface area contributed by atoms with Gasteiger partial charge in [-0.1, -0.05) is 19.1 Å². The first-order valence-electron chi connectivity index (χ1n) is 5.20. The van der Waals surface area contributed by atoms with Crippen LogP contribution in [-0.4, -0.2) is 12.3 Å². The minimum Gasteiger partial charge on any atom is -0.327 e. The summed E-state index contributed by atoms with van der Waals surface area (Å²) in [4.78, 5) is 4.38. The first-order valence-corrected chi connectivity index (χ1v) is 5.20. The minimum atomic E-state index is 0.279. The lowest BCUT2D eigenvalue weighted by Crippen LogP contribution is -2.19. The van der Waals surface area contributed by atoms with Gasteiger partial charge in [-0.25, -0.2) is 0 Å². The van der Waals surface area contributed by atoms with Gasteiger partial charge in [0.1, 0.15) is 0 Å². The molecule has 0 aromatic carbocycles. The summed E-state index contributed by atoms with van der Waals surface area (Å²) >= 11 is 0. The Morgan fingerprint density at radius 3 is 3.21 bits per heavy atom. The first kappa shape index (κ1) is 9.41. The van der Waals surface area contributed by atoms with Gasteiger partial charge >= 0.3 is 0 Å². The van der Waals surface area contributed by atoms with Gasteiger partial charge in [-0.2, -0.15) is 0 Å². The van der Waals surface area contributed by atoms with E-state index >= 15 is 0 Å². The van der Waals surface area contributed by atoms with E-state index in [9.17, 15) is 0 Å². The molecule has 2 aliphatic rings.